The molecule has 5 nitrogen and oxygen atoms in total. The van der Waals surface area contributed by atoms with E-state index in [2.05, 4.69) is 5.32 Å². The van der Waals surface area contributed by atoms with Crippen molar-refractivity contribution in [3.8, 4) is 0 Å². The predicted octanol–water partition coefficient (Wildman–Crippen LogP) is 2.39. The average Bonchev–Trinajstić information content (AvgIpc) is 3.32. The smallest absolute Gasteiger partial charge is 0.251 e. The minimum absolute atomic E-state index is 0.0855. The third-order valence-corrected chi connectivity index (χ3v) is 7.79. The van der Waals surface area contributed by atoms with Crippen molar-refractivity contribution < 1.29 is 13.2 Å². The van der Waals surface area contributed by atoms with Gasteiger partial charge in [-0.2, -0.15) is 4.31 Å². The summed E-state index contributed by atoms with van der Waals surface area (Å²) in [6, 6.07) is 6.67. The Morgan fingerprint density at radius 1 is 1.04 bits per heavy atom. The molecule has 1 amide bonds. The molecule has 3 atom stereocenters. The van der Waals surface area contributed by atoms with Crippen molar-refractivity contribution in [2.45, 2.75) is 49.5 Å². The Kier molecular flexibility index (Phi) is 4.12. The summed E-state index contributed by atoms with van der Waals surface area (Å²) in [5.74, 6) is 1.33. The Hall–Kier alpha value is -1.40. The van der Waals surface area contributed by atoms with E-state index in [4.69, 9.17) is 0 Å². The van der Waals surface area contributed by atoms with Crippen molar-refractivity contribution >= 4 is 15.9 Å². The van der Waals surface area contributed by atoms with E-state index in [0.717, 1.165) is 25.2 Å². The number of carbonyl (C=O) groups is 1. The first-order valence-electron chi connectivity index (χ1n) is 8.95. The fourth-order valence-corrected chi connectivity index (χ4v) is 6.05. The third kappa shape index (κ3) is 2.86. The molecule has 2 bridgehead atoms. The summed E-state index contributed by atoms with van der Waals surface area (Å²) in [5, 5.41) is 3.14. The lowest BCUT2D eigenvalue weighted by Crippen LogP contribution is -2.38. The van der Waals surface area contributed by atoms with E-state index < -0.39 is 10.0 Å². The largest absolute Gasteiger partial charge is 0.349 e. The maximum Gasteiger partial charge on any atom is 0.251 e. The standard InChI is InChI=1S/C18H24N2O3S/c21-18(19-17-12-13-3-4-15(17)11-13)14-5-7-16(8-6-14)24(22,23)20-9-1-2-10-20/h5-8,13,15,17H,1-4,9-12H2,(H,19,21)/t13-,15+,17-/m0/s1. The molecule has 1 N–H and O–H groups in total. The zero-order valence-electron chi connectivity index (χ0n) is 13.8. The molecule has 2 aliphatic carbocycles. The summed E-state index contributed by atoms with van der Waals surface area (Å²) in [7, 11) is -3.41. The zero-order chi connectivity index (χ0) is 16.7. The first kappa shape index (κ1) is 16.1. The summed E-state index contributed by atoms with van der Waals surface area (Å²) >= 11 is 0. The molecule has 1 aliphatic heterocycles. The van der Waals surface area contributed by atoms with Gasteiger partial charge in [0.15, 0.2) is 0 Å². The lowest BCUT2D eigenvalue weighted by Gasteiger charge is -2.23. The number of rotatable bonds is 4. The van der Waals surface area contributed by atoms with Crippen LogP contribution in [0.1, 0.15) is 48.9 Å². The van der Waals surface area contributed by atoms with Crippen LogP contribution in [-0.4, -0.2) is 37.8 Å². The maximum absolute atomic E-state index is 12.5. The summed E-state index contributed by atoms with van der Waals surface area (Å²) in [5.41, 5.74) is 0.540. The van der Waals surface area contributed by atoms with E-state index in [1.807, 2.05) is 0 Å². The van der Waals surface area contributed by atoms with Gasteiger partial charge in [0.2, 0.25) is 10.0 Å². The normalized spacial score (nSPS) is 29.9. The number of carbonyl (C=O) groups excluding carboxylic acids is 1. The number of hydrogen-bond acceptors (Lipinski definition) is 3. The number of fused-ring (bicyclic) bond motifs is 2. The van der Waals surface area contributed by atoms with E-state index in [9.17, 15) is 13.2 Å². The van der Waals surface area contributed by atoms with Crippen LogP contribution in [0.2, 0.25) is 0 Å². The first-order chi connectivity index (χ1) is 11.5. The van der Waals surface area contributed by atoms with Gasteiger partial charge in [-0.1, -0.05) is 6.42 Å². The van der Waals surface area contributed by atoms with E-state index in [1.54, 1.807) is 24.3 Å². The molecular weight excluding hydrogens is 324 g/mol. The summed E-state index contributed by atoms with van der Waals surface area (Å²) in [4.78, 5) is 12.7. The molecule has 1 aromatic carbocycles. The topological polar surface area (TPSA) is 66.5 Å². The second kappa shape index (κ2) is 6.15. The Balaban J connectivity index is 1.44. The molecule has 1 saturated heterocycles. The molecule has 1 aromatic rings. The molecule has 130 valence electrons. The second-order valence-corrected chi connectivity index (χ2v) is 9.33. The number of nitrogens with zero attached hydrogens (tertiary/aromatic N) is 1. The summed E-state index contributed by atoms with van der Waals surface area (Å²) < 4.78 is 26.5. The minimum Gasteiger partial charge on any atom is -0.349 e. The van der Waals surface area contributed by atoms with Gasteiger partial charge in [0.25, 0.3) is 5.91 Å². The van der Waals surface area contributed by atoms with Crippen LogP contribution >= 0.6 is 0 Å². The third-order valence-electron chi connectivity index (χ3n) is 5.87. The van der Waals surface area contributed by atoms with E-state index in [-0.39, 0.29) is 10.8 Å². The van der Waals surface area contributed by atoms with Crippen LogP contribution < -0.4 is 5.32 Å². The van der Waals surface area contributed by atoms with E-state index >= 15 is 0 Å². The minimum atomic E-state index is -3.41. The number of nitrogens with one attached hydrogen (secondary N) is 1. The summed E-state index contributed by atoms with van der Waals surface area (Å²) in [6.07, 6.45) is 6.71. The fourth-order valence-electron chi connectivity index (χ4n) is 4.53. The molecule has 0 radical (unpaired) electrons. The van der Waals surface area contributed by atoms with Gasteiger partial charge in [0.1, 0.15) is 0 Å². The molecular formula is C18H24N2O3S. The van der Waals surface area contributed by atoms with E-state index in [1.165, 1.54) is 23.6 Å². The molecule has 0 aromatic heterocycles. The van der Waals surface area contributed by atoms with Crippen molar-refractivity contribution in [1.29, 1.82) is 0 Å². The lowest BCUT2D eigenvalue weighted by atomic mass is 9.95. The van der Waals surface area contributed by atoms with Crippen LogP contribution in [0.15, 0.2) is 29.2 Å². The van der Waals surface area contributed by atoms with Crippen molar-refractivity contribution in [3.63, 3.8) is 0 Å². The van der Waals surface area contributed by atoms with Gasteiger partial charge in [-0.3, -0.25) is 4.79 Å². The van der Waals surface area contributed by atoms with E-state index in [0.29, 0.717) is 30.6 Å². The molecule has 6 heteroatoms. The molecule has 4 rings (SSSR count). The van der Waals surface area contributed by atoms with Gasteiger partial charge < -0.3 is 5.32 Å². The first-order valence-corrected chi connectivity index (χ1v) is 10.4. The van der Waals surface area contributed by atoms with Crippen molar-refractivity contribution in [2.24, 2.45) is 11.8 Å². The second-order valence-electron chi connectivity index (χ2n) is 7.39. The van der Waals surface area contributed by atoms with Crippen LogP contribution in [0.5, 0.6) is 0 Å². The molecule has 0 unspecified atom stereocenters. The van der Waals surface area contributed by atoms with Crippen molar-refractivity contribution in [1.82, 2.24) is 9.62 Å². The van der Waals surface area contributed by atoms with Gasteiger partial charge in [-0.25, -0.2) is 8.42 Å². The highest BCUT2D eigenvalue weighted by Gasteiger charge is 2.40. The Bertz CT molecular complexity index is 723. The highest BCUT2D eigenvalue weighted by Crippen LogP contribution is 2.44. The highest BCUT2D eigenvalue weighted by atomic mass is 32.2. The SMILES string of the molecule is O=C(N[C@H]1C[C@H]2CC[C@@H]1C2)c1ccc(S(=O)(=O)N2CCCC2)cc1. The molecule has 3 aliphatic rings. The Morgan fingerprint density at radius 3 is 2.33 bits per heavy atom. The zero-order valence-corrected chi connectivity index (χ0v) is 14.6. The monoisotopic (exact) mass is 348 g/mol. The Labute approximate surface area is 143 Å². The van der Waals surface area contributed by atoms with Crippen LogP contribution in [0.25, 0.3) is 0 Å². The number of sulfonamides is 1. The van der Waals surface area contributed by atoms with Crippen molar-refractivity contribution in [2.75, 3.05) is 13.1 Å². The fraction of sp³-hybridized carbons (Fsp3) is 0.611. The molecule has 0 spiro atoms. The predicted molar refractivity (Wildman–Crippen MR) is 91.1 cm³/mol. The molecule has 3 fully saturated rings. The van der Waals surface area contributed by atoms with Gasteiger partial charge in [0, 0.05) is 24.7 Å². The number of benzene rings is 1. The quantitative estimate of drug-likeness (QED) is 0.908. The average molecular weight is 348 g/mol. The maximum atomic E-state index is 12.5. The van der Waals surface area contributed by atoms with Gasteiger partial charge >= 0.3 is 0 Å². The van der Waals surface area contributed by atoms with Crippen molar-refractivity contribution in [3.05, 3.63) is 29.8 Å². The highest BCUT2D eigenvalue weighted by molar-refractivity contribution is 7.89. The number of hydrogen-bond donors (Lipinski definition) is 1. The lowest BCUT2D eigenvalue weighted by molar-refractivity contribution is 0.0923. The molecule has 2 saturated carbocycles. The number of amides is 1. The molecule has 1 heterocycles. The van der Waals surface area contributed by atoms with Crippen LogP contribution in [0, 0.1) is 11.8 Å². The van der Waals surface area contributed by atoms with Gasteiger partial charge in [-0.15, -0.1) is 0 Å². The van der Waals surface area contributed by atoms with Crippen LogP contribution in [0.4, 0.5) is 0 Å². The van der Waals surface area contributed by atoms with Crippen LogP contribution in [0.3, 0.4) is 0 Å². The summed E-state index contributed by atoms with van der Waals surface area (Å²) in [6.45, 7) is 1.18. The molecule has 24 heavy (non-hydrogen) atoms. The Morgan fingerprint density at radius 2 is 1.75 bits per heavy atom. The van der Waals surface area contributed by atoms with Gasteiger partial charge in [0.05, 0.1) is 4.90 Å². The van der Waals surface area contributed by atoms with Gasteiger partial charge in [-0.05, 0) is 68.2 Å². The van der Waals surface area contributed by atoms with Crippen LogP contribution in [-0.2, 0) is 10.0 Å².